The van der Waals surface area contributed by atoms with Crippen molar-refractivity contribution >= 4 is 35.6 Å². The SMILES string of the molecule is COC(=O)c1cccc(/C(C=N)=C/NCCCSCCNC(=O)OC(C)(C)C)n1. The van der Waals surface area contributed by atoms with Crippen LogP contribution < -0.4 is 10.6 Å². The summed E-state index contributed by atoms with van der Waals surface area (Å²) in [7, 11) is 1.30. The van der Waals surface area contributed by atoms with Crippen molar-refractivity contribution in [1.82, 2.24) is 15.6 Å². The lowest BCUT2D eigenvalue weighted by molar-refractivity contribution is 0.0530. The van der Waals surface area contributed by atoms with Crippen molar-refractivity contribution in [3.8, 4) is 0 Å². The molecular formula is C20H30N4O4S. The molecule has 0 atom stereocenters. The van der Waals surface area contributed by atoms with E-state index in [4.69, 9.17) is 10.1 Å². The number of alkyl carbamates (subject to hydrolysis) is 1. The molecule has 8 nitrogen and oxygen atoms in total. The lowest BCUT2D eigenvalue weighted by Crippen LogP contribution is -2.33. The number of esters is 1. The van der Waals surface area contributed by atoms with Gasteiger partial charge >= 0.3 is 12.1 Å². The molecule has 1 rings (SSSR count). The maximum atomic E-state index is 11.6. The highest BCUT2D eigenvalue weighted by molar-refractivity contribution is 7.99. The smallest absolute Gasteiger partial charge is 0.407 e. The minimum absolute atomic E-state index is 0.203. The molecule has 0 aromatic carbocycles. The Morgan fingerprint density at radius 2 is 1.93 bits per heavy atom. The average molecular weight is 423 g/mol. The Hall–Kier alpha value is -2.55. The number of hydrogen-bond donors (Lipinski definition) is 3. The molecule has 0 saturated heterocycles. The van der Waals surface area contributed by atoms with Crippen molar-refractivity contribution in [1.29, 1.82) is 5.41 Å². The fourth-order valence-corrected chi connectivity index (χ4v) is 2.90. The van der Waals surface area contributed by atoms with Crippen molar-refractivity contribution in [2.75, 3.05) is 31.7 Å². The predicted molar refractivity (Wildman–Crippen MR) is 117 cm³/mol. The summed E-state index contributed by atoms with van der Waals surface area (Å²) in [6.07, 6.45) is 3.43. The van der Waals surface area contributed by atoms with E-state index in [0.29, 0.717) is 17.8 Å². The molecule has 0 spiro atoms. The highest BCUT2D eigenvalue weighted by Gasteiger charge is 2.15. The molecule has 1 aromatic heterocycles. The van der Waals surface area contributed by atoms with Crippen LogP contribution in [0.15, 0.2) is 24.4 Å². The quantitative estimate of drug-likeness (QED) is 0.285. The molecule has 1 heterocycles. The number of ether oxygens (including phenoxy) is 2. The number of carbonyl (C=O) groups excluding carboxylic acids is 2. The molecule has 0 aliphatic carbocycles. The second-order valence-electron chi connectivity index (χ2n) is 6.99. The van der Waals surface area contributed by atoms with Gasteiger partial charge in [0.25, 0.3) is 0 Å². The lowest BCUT2D eigenvalue weighted by atomic mass is 10.2. The maximum Gasteiger partial charge on any atom is 0.407 e. The van der Waals surface area contributed by atoms with Gasteiger partial charge in [-0.15, -0.1) is 0 Å². The van der Waals surface area contributed by atoms with E-state index in [9.17, 15) is 9.59 Å². The van der Waals surface area contributed by atoms with E-state index in [1.54, 1.807) is 36.2 Å². The number of thioether (sulfide) groups is 1. The van der Waals surface area contributed by atoms with E-state index >= 15 is 0 Å². The third-order valence-electron chi connectivity index (χ3n) is 3.38. The highest BCUT2D eigenvalue weighted by atomic mass is 32.2. The number of amides is 1. The molecule has 0 radical (unpaired) electrons. The van der Waals surface area contributed by atoms with Crippen LogP contribution in [0.4, 0.5) is 4.79 Å². The Morgan fingerprint density at radius 3 is 2.59 bits per heavy atom. The first-order valence-electron chi connectivity index (χ1n) is 9.31. The lowest BCUT2D eigenvalue weighted by Gasteiger charge is -2.19. The molecule has 160 valence electrons. The van der Waals surface area contributed by atoms with Crippen LogP contribution in [0, 0.1) is 5.41 Å². The summed E-state index contributed by atoms with van der Waals surface area (Å²) in [5, 5.41) is 13.4. The molecule has 0 aliphatic heterocycles. The number of methoxy groups -OCH3 is 1. The Morgan fingerprint density at radius 1 is 1.21 bits per heavy atom. The number of allylic oxidation sites excluding steroid dienone is 1. The summed E-state index contributed by atoms with van der Waals surface area (Å²) in [6, 6.07) is 5.01. The van der Waals surface area contributed by atoms with E-state index in [1.165, 1.54) is 13.3 Å². The van der Waals surface area contributed by atoms with Gasteiger partial charge in [-0.1, -0.05) is 6.07 Å². The number of carbonyl (C=O) groups is 2. The number of aromatic nitrogens is 1. The normalized spacial score (nSPS) is 11.5. The standard InChI is InChI=1S/C20H30N4O4S/c1-20(2,3)28-19(26)23-10-12-29-11-6-9-22-14-15(13-21)16-7-5-8-17(24-16)18(25)27-4/h5,7-8,13-14,21-22H,6,9-12H2,1-4H3,(H,23,26)/b15-14+,21-13?. The summed E-state index contributed by atoms with van der Waals surface area (Å²) < 4.78 is 9.84. The van der Waals surface area contributed by atoms with E-state index in [-0.39, 0.29) is 5.69 Å². The molecule has 1 amide bonds. The third-order valence-corrected chi connectivity index (χ3v) is 4.45. The van der Waals surface area contributed by atoms with Gasteiger partial charge in [-0.3, -0.25) is 0 Å². The molecule has 0 fully saturated rings. The molecule has 3 N–H and O–H groups in total. The average Bonchev–Trinajstić information content (AvgIpc) is 2.67. The number of nitrogens with one attached hydrogen (secondary N) is 3. The van der Waals surface area contributed by atoms with Crippen LogP contribution in [0.2, 0.25) is 0 Å². The van der Waals surface area contributed by atoms with Crippen LogP contribution in [-0.2, 0) is 9.47 Å². The zero-order valence-corrected chi connectivity index (χ0v) is 18.2. The summed E-state index contributed by atoms with van der Waals surface area (Å²) in [6.45, 7) is 6.79. The van der Waals surface area contributed by atoms with Crippen LogP contribution in [0.1, 0.15) is 43.4 Å². The van der Waals surface area contributed by atoms with Gasteiger partial charge < -0.3 is 25.5 Å². The molecule has 0 aliphatic rings. The van der Waals surface area contributed by atoms with Gasteiger partial charge in [0.2, 0.25) is 0 Å². The van der Waals surface area contributed by atoms with Crippen LogP contribution in [-0.4, -0.2) is 60.6 Å². The summed E-state index contributed by atoms with van der Waals surface area (Å²) in [5.74, 6) is 1.24. The van der Waals surface area contributed by atoms with Gasteiger partial charge in [0.15, 0.2) is 0 Å². The predicted octanol–water partition coefficient (Wildman–Crippen LogP) is 3.10. The Labute approximate surface area is 176 Å². The van der Waals surface area contributed by atoms with Crippen molar-refractivity contribution in [3.63, 3.8) is 0 Å². The number of rotatable bonds is 11. The van der Waals surface area contributed by atoms with Gasteiger partial charge in [-0.2, -0.15) is 11.8 Å². The van der Waals surface area contributed by atoms with Gasteiger partial charge in [0, 0.05) is 36.8 Å². The van der Waals surface area contributed by atoms with Crippen molar-refractivity contribution < 1.29 is 19.1 Å². The molecule has 1 aromatic rings. The minimum Gasteiger partial charge on any atom is -0.464 e. The second-order valence-corrected chi connectivity index (χ2v) is 8.22. The number of hydrogen-bond acceptors (Lipinski definition) is 8. The molecule has 29 heavy (non-hydrogen) atoms. The first-order valence-corrected chi connectivity index (χ1v) is 10.5. The van der Waals surface area contributed by atoms with Crippen molar-refractivity contribution in [2.45, 2.75) is 32.8 Å². The fraction of sp³-hybridized carbons (Fsp3) is 0.500. The molecule has 9 heteroatoms. The fourth-order valence-electron chi connectivity index (χ4n) is 2.10. The van der Waals surface area contributed by atoms with Crippen LogP contribution >= 0.6 is 11.8 Å². The molecule has 0 bridgehead atoms. The van der Waals surface area contributed by atoms with E-state index in [2.05, 4.69) is 20.4 Å². The van der Waals surface area contributed by atoms with E-state index < -0.39 is 17.7 Å². The van der Waals surface area contributed by atoms with Crippen LogP contribution in [0.25, 0.3) is 5.57 Å². The van der Waals surface area contributed by atoms with Crippen molar-refractivity contribution in [3.05, 3.63) is 35.8 Å². The van der Waals surface area contributed by atoms with E-state index in [1.807, 2.05) is 20.8 Å². The zero-order chi connectivity index (χ0) is 21.7. The molecular weight excluding hydrogens is 392 g/mol. The summed E-state index contributed by atoms with van der Waals surface area (Å²) in [4.78, 5) is 27.3. The Kier molecular flexibility index (Phi) is 10.8. The summed E-state index contributed by atoms with van der Waals surface area (Å²) >= 11 is 1.74. The number of nitrogens with zero attached hydrogens (tertiary/aromatic N) is 1. The minimum atomic E-state index is -0.512. The molecule has 0 saturated carbocycles. The Bertz CT molecular complexity index is 717. The Balaban J connectivity index is 2.27. The monoisotopic (exact) mass is 422 g/mol. The summed E-state index contributed by atoms with van der Waals surface area (Å²) in [5.41, 5.74) is 0.819. The van der Waals surface area contributed by atoms with Gasteiger partial charge in [0.1, 0.15) is 11.3 Å². The van der Waals surface area contributed by atoms with Crippen LogP contribution in [0.3, 0.4) is 0 Å². The van der Waals surface area contributed by atoms with Crippen molar-refractivity contribution in [2.24, 2.45) is 0 Å². The van der Waals surface area contributed by atoms with Gasteiger partial charge in [-0.05, 0) is 45.1 Å². The van der Waals surface area contributed by atoms with Gasteiger partial charge in [0.05, 0.1) is 12.8 Å². The first-order chi connectivity index (χ1) is 13.8. The molecule has 0 unspecified atom stereocenters. The zero-order valence-electron chi connectivity index (χ0n) is 17.4. The van der Waals surface area contributed by atoms with E-state index in [0.717, 1.165) is 24.5 Å². The topological polar surface area (TPSA) is 113 Å². The van der Waals surface area contributed by atoms with Crippen LogP contribution in [0.5, 0.6) is 0 Å². The van der Waals surface area contributed by atoms with Gasteiger partial charge in [-0.25, -0.2) is 14.6 Å². The highest BCUT2D eigenvalue weighted by Crippen LogP contribution is 2.10. The largest absolute Gasteiger partial charge is 0.464 e. The third kappa shape index (κ3) is 10.5. The second kappa shape index (κ2) is 12.8. The maximum absolute atomic E-state index is 11.6. The first kappa shape index (κ1) is 24.5. The number of pyridine rings is 1.